The highest BCUT2D eigenvalue weighted by Gasteiger charge is 2.34. The van der Waals surface area contributed by atoms with Crippen LogP contribution in [0.15, 0.2) is 29.2 Å². The van der Waals surface area contributed by atoms with E-state index in [-0.39, 0.29) is 29.3 Å². The molecule has 0 unspecified atom stereocenters. The van der Waals surface area contributed by atoms with Crippen LogP contribution in [0.3, 0.4) is 0 Å². The number of aromatic nitrogens is 3. The van der Waals surface area contributed by atoms with Gasteiger partial charge < -0.3 is 14.8 Å². The topological polar surface area (TPSA) is 99.3 Å². The molecule has 1 saturated carbocycles. The highest BCUT2D eigenvalue weighted by atomic mass is 16.2. The third-order valence-electron chi connectivity index (χ3n) is 7.32. The molecule has 1 aliphatic carbocycles. The number of carbonyl (C=O) groups is 2. The number of nitrogens with one attached hydrogen (secondary N) is 1. The summed E-state index contributed by atoms with van der Waals surface area (Å²) in [6.07, 6.45) is 10.2. The Balaban J connectivity index is 1.37. The number of nitrogens with zero attached hydrogens (tertiary/aromatic N) is 4. The minimum Gasteiger partial charge on any atom is -0.337 e. The number of piperidine rings is 1. The first-order valence-corrected chi connectivity index (χ1v) is 12.2. The maximum absolute atomic E-state index is 13.1. The SMILES string of the molecule is O=C(C1CCCCC1)N1CCc2nc([C@@H]3CCCCN3C(=O)c3ccccn3)[nH]c(=O)c2C1. The van der Waals surface area contributed by atoms with Crippen LogP contribution in [0.1, 0.15) is 85.0 Å². The minimum atomic E-state index is -0.270. The third-order valence-corrected chi connectivity index (χ3v) is 7.32. The van der Waals surface area contributed by atoms with Gasteiger partial charge in [0.2, 0.25) is 5.91 Å². The second kappa shape index (κ2) is 9.45. The number of fused-ring (bicyclic) bond motifs is 1. The van der Waals surface area contributed by atoms with Crippen LogP contribution in [0.2, 0.25) is 0 Å². The Hall–Kier alpha value is -3.03. The average molecular weight is 450 g/mol. The highest BCUT2D eigenvalue weighted by Crippen LogP contribution is 2.31. The van der Waals surface area contributed by atoms with E-state index in [0.29, 0.717) is 43.1 Å². The fourth-order valence-corrected chi connectivity index (χ4v) is 5.49. The summed E-state index contributed by atoms with van der Waals surface area (Å²) < 4.78 is 0. The van der Waals surface area contributed by atoms with Crippen molar-refractivity contribution < 1.29 is 9.59 Å². The van der Waals surface area contributed by atoms with Crippen molar-refractivity contribution in [3.05, 3.63) is 57.5 Å². The van der Waals surface area contributed by atoms with E-state index in [0.717, 1.165) is 50.6 Å². The number of pyridine rings is 1. The number of aromatic amines is 1. The molecular formula is C25H31N5O3. The van der Waals surface area contributed by atoms with Crippen LogP contribution >= 0.6 is 0 Å². The van der Waals surface area contributed by atoms with E-state index >= 15 is 0 Å². The van der Waals surface area contributed by atoms with E-state index in [9.17, 15) is 14.4 Å². The summed E-state index contributed by atoms with van der Waals surface area (Å²) in [7, 11) is 0. The molecule has 3 aliphatic rings. The number of rotatable bonds is 3. The standard InChI is InChI=1S/C25H31N5O3/c31-23-18-16-29(24(32)17-8-2-1-3-9-17)15-12-19(18)27-22(28-23)21-11-5-7-14-30(21)25(33)20-10-4-6-13-26-20/h4,6,10,13,17,21H,1-3,5,7-9,11-12,14-16H2,(H,27,28,31)/t21-/m0/s1. The molecule has 8 heteroatoms. The van der Waals surface area contributed by atoms with E-state index in [1.165, 1.54) is 6.42 Å². The van der Waals surface area contributed by atoms with Gasteiger partial charge in [-0.25, -0.2) is 4.98 Å². The van der Waals surface area contributed by atoms with Crippen LogP contribution in [-0.2, 0) is 17.8 Å². The molecule has 0 bridgehead atoms. The highest BCUT2D eigenvalue weighted by molar-refractivity contribution is 5.92. The number of amides is 2. The molecule has 0 radical (unpaired) electrons. The molecule has 2 aliphatic heterocycles. The van der Waals surface area contributed by atoms with Gasteiger partial charge in [0.25, 0.3) is 11.5 Å². The van der Waals surface area contributed by atoms with Crippen molar-refractivity contribution in [3.63, 3.8) is 0 Å². The first-order valence-electron chi connectivity index (χ1n) is 12.2. The molecule has 5 rings (SSSR count). The van der Waals surface area contributed by atoms with Gasteiger partial charge in [-0.3, -0.25) is 19.4 Å². The molecule has 4 heterocycles. The molecule has 2 aromatic rings. The Labute approximate surface area is 193 Å². The van der Waals surface area contributed by atoms with Gasteiger partial charge in [0.1, 0.15) is 11.5 Å². The van der Waals surface area contributed by atoms with Crippen LogP contribution in [0.4, 0.5) is 0 Å². The summed E-state index contributed by atoms with van der Waals surface area (Å²) >= 11 is 0. The predicted molar refractivity (Wildman–Crippen MR) is 122 cm³/mol. The molecule has 0 aromatic carbocycles. The van der Waals surface area contributed by atoms with Gasteiger partial charge in [-0.15, -0.1) is 0 Å². The maximum atomic E-state index is 13.1. The number of carbonyl (C=O) groups excluding carboxylic acids is 2. The van der Waals surface area contributed by atoms with Gasteiger partial charge >= 0.3 is 0 Å². The molecule has 1 N–H and O–H groups in total. The van der Waals surface area contributed by atoms with Crippen LogP contribution in [0.5, 0.6) is 0 Å². The summed E-state index contributed by atoms with van der Waals surface area (Å²) in [6, 6.07) is 5.04. The van der Waals surface area contributed by atoms with Crippen LogP contribution in [0.25, 0.3) is 0 Å². The number of likely N-dealkylation sites (tertiary alicyclic amines) is 1. The van der Waals surface area contributed by atoms with Gasteiger partial charge in [0.15, 0.2) is 0 Å². The first-order chi connectivity index (χ1) is 16.1. The average Bonchev–Trinajstić information content (AvgIpc) is 2.88. The zero-order chi connectivity index (χ0) is 22.8. The summed E-state index contributed by atoms with van der Waals surface area (Å²) in [5.74, 6) is 0.697. The molecule has 174 valence electrons. The summed E-state index contributed by atoms with van der Waals surface area (Å²) in [5, 5.41) is 0. The van der Waals surface area contributed by atoms with Crippen molar-refractivity contribution in [1.29, 1.82) is 0 Å². The van der Waals surface area contributed by atoms with E-state index < -0.39 is 0 Å². The van der Waals surface area contributed by atoms with E-state index in [1.54, 1.807) is 29.3 Å². The molecule has 33 heavy (non-hydrogen) atoms. The third kappa shape index (κ3) is 4.43. The van der Waals surface area contributed by atoms with Crippen molar-refractivity contribution in [2.45, 2.75) is 70.4 Å². The fourth-order valence-electron chi connectivity index (χ4n) is 5.49. The Morgan fingerprint density at radius 2 is 1.82 bits per heavy atom. The molecule has 2 fully saturated rings. The van der Waals surface area contributed by atoms with Crippen LogP contribution < -0.4 is 5.56 Å². The smallest absolute Gasteiger partial charge is 0.273 e. The van der Waals surface area contributed by atoms with E-state index in [4.69, 9.17) is 4.98 Å². The largest absolute Gasteiger partial charge is 0.337 e. The maximum Gasteiger partial charge on any atom is 0.273 e. The summed E-state index contributed by atoms with van der Waals surface area (Å²) in [6.45, 7) is 1.54. The number of hydrogen-bond acceptors (Lipinski definition) is 5. The fraction of sp³-hybridized carbons (Fsp3) is 0.560. The molecule has 8 nitrogen and oxygen atoms in total. The van der Waals surface area contributed by atoms with E-state index in [2.05, 4.69) is 9.97 Å². The second-order valence-corrected chi connectivity index (χ2v) is 9.45. The van der Waals surface area contributed by atoms with Crippen molar-refractivity contribution in [3.8, 4) is 0 Å². The molecule has 1 atom stereocenters. The molecular weight excluding hydrogens is 418 g/mol. The van der Waals surface area contributed by atoms with Gasteiger partial charge in [0.05, 0.1) is 23.8 Å². The normalized spacial score (nSPS) is 21.5. The van der Waals surface area contributed by atoms with Crippen LogP contribution in [0, 0.1) is 5.92 Å². The lowest BCUT2D eigenvalue weighted by molar-refractivity contribution is -0.137. The van der Waals surface area contributed by atoms with Crippen molar-refractivity contribution in [2.24, 2.45) is 5.92 Å². The summed E-state index contributed by atoms with van der Waals surface area (Å²) in [4.78, 5) is 54.8. The number of hydrogen-bond donors (Lipinski definition) is 1. The molecule has 2 amide bonds. The van der Waals surface area contributed by atoms with E-state index in [1.807, 2.05) is 4.90 Å². The number of H-pyrrole nitrogens is 1. The summed E-state index contributed by atoms with van der Waals surface area (Å²) in [5.41, 5.74) is 1.57. The monoisotopic (exact) mass is 449 g/mol. The molecule has 1 saturated heterocycles. The zero-order valence-electron chi connectivity index (χ0n) is 19.0. The lowest BCUT2D eigenvalue weighted by atomic mass is 9.88. The minimum absolute atomic E-state index is 0.0972. The van der Waals surface area contributed by atoms with Gasteiger partial charge in [-0.05, 0) is 44.2 Å². The molecule has 2 aromatic heterocycles. The lowest BCUT2D eigenvalue weighted by Crippen LogP contribution is -2.44. The van der Waals surface area contributed by atoms with Crippen LogP contribution in [-0.4, -0.2) is 49.7 Å². The predicted octanol–water partition coefficient (Wildman–Crippen LogP) is 3.00. The molecule has 0 spiro atoms. The Kier molecular flexibility index (Phi) is 6.24. The Morgan fingerprint density at radius 1 is 1.00 bits per heavy atom. The lowest BCUT2D eigenvalue weighted by Gasteiger charge is -2.36. The first kappa shape index (κ1) is 21.8. The van der Waals surface area contributed by atoms with Gasteiger partial charge in [-0.1, -0.05) is 25.3 Å². The van der Waals surface area contributed by atoms with Crippen molar-refractivity contribution in [2.75, 3.05) is 13.1 Å². The zero-order valence-corrected chi connectivity index (χ0v) is 19.0. The second-order valence-electron chi connectivity index (χ2n) is 9.45. The quantitative estimate of drug-likeness (QED) is 0.777. The van der Waals surface area contributed by atoms with Gasteiger partial charge in [-0.2, -0.15) is 0 Å². The van der Waals surface area contributed by atoms with Crippen molar-refractivity contribution >= 4 is 11.8 Å². The van der Waals surface area contributed by atoms with Gasteiger partial charge in [0, 0.05) is 31.6 Å². The Bertz CT molecular complexity index is 1080. The van der Waals surface area contributed by atoms with Crippen molar-refractivity contribution in [1.82, 2.24) is 24.8 Å². The Morgan fingerprint density at radius 3 is 2.61 bits per heavy atom.